The zero-order valence-corrected chi connectivity index (χ0v) is 19.2. The number of hydrogen-bond donors (Lipinski definition) is 0. The van der Waals surface area contributed by atoms with Crippen LogP contribution < -0.4 is 9.47 Å². The van der Waals surface area contributed by atoms with Crippen LogP contribution in [0.4, 0.5) is 0 Å². The molecular weight excluding hydrogens is 432 g/mol. The molecule has 34 heavy (non-hydrogen) atoms. The third-order valence-corrected chi connectivity index (χ3v) is 5.44. The minimum absolute atomic E-state index is 0.0168. The van der Waals surface area contributed by atoms with Crippen LogP contribution in [0.25, 0.3) is 6.08 Å². The van der Waals surface area contributed by atoms with Gasteiger partial charge in [-0.2, -0.15) is 0 Å². The smallest absolute Gasteiger partial charge is 0.247 e. The van der Waals surface area contributed by atoms with Gasteiger partial charge >= 0.3 is 0 Å². The normalized spacial score (nSPS) is 12.1. The maximum atomic E-state index is 13.4. The van der Waals surface area contributed by atoms with Gasteiger partial charge in [-0.3, -0.25) is 9.59 Å². The molecule has 0 N–H and O–H groups in total. The van der Waals surface area contributed by atoms with Gasteiger partial charge in [0.05, 0.1) is 12.8 Å². The van der Waals surface area contributed by atoms with Crippen molar-refractivity contribution >= 4 is 17.9 Å². The van der Waals surface area contributed by atoms with Gasteiger partial charge in [-0.1, -0.05) is 43.3 Å². The molecule has 0 aliphatic carbocycles. The van der Waals surface area contributed by atoms with E-state index in [0.717, 1.165) is 17.5 Å². The molecule has 7 heteroatoms. The van der Waals surface area contributed by atoms with E-state index >= 15 is 0 Å². The van der Waals surface area contributed by atoms with Gasteiger partial charge in [-0.15, -0.1) is 0 Å². The fraction of sp³-hybridized carbons (Fsp3) is 0.259. The molecule has 7 nitrogen and oxygen atoms in total. The zero-order valence-electron chi connectivity index (χ0n) is 19.2. The Kier molecular flexibility index (Phi) is 7.65. The van der Waals surface area contributed by atoms with Gasteiger partial charge in [0.2, 0.25) is 18.6 Å². The van der Waals surface area contributed by atoms with Crippen LogP contribution in [0.2, 0.25) is 0 Å². The van der Waals surface area contributed by atoms with E-state index in [1.165, 1.54) is 6.08 Å². The van der Waals surface area contributed by atoms with E-state index in [-0.39, 0.29) is 25.2 Å². The van der Waals surface area contributed by atoms with Gasteiger partial charge in [0.25, 0.3) is 0 Å². The lowest BCUT2D eigenvalue weighted by Gasteiger charge is -2.26. The van der Waals surface area contributed by atoms with Crippen molar-refractivity contribution in [3.05, 3.63) is 89.9 Å². The molecule has 0 saturated carbocycles. The van der Waals surface area contributed by atoms with Crippen molar-refractivity contribution in [3.63, 3.8) is 0 Å². The summed E-state index contributed by atoms with van der Waals surface area (Å²) in [4.78, 5) is 29.5. The summed E-state index contributed by atoms with van der Waals surface area (Å²) < 4.78 is 16.3. The van der Waals surface area contributed by atoms with Gasteiger partial charge in [0, 0.05) is 19.2 Å². The maximum absolute atomic E-state index is 13.4. The third-order valence-electron chi connectivity index (χ3n) is 5.44. The molecule has 0 unspecified atom stereocenters. The van der Waals surface area contributed by atoms with Crippen LogP contribution in [0.15, 0.2) is 77.4 Å². The number of fused-ring (bicyclic) bond motifs is 1. The molecule has 0 bridgehead atoms. The summed E-state index contributed by atoms with van der Waals surface area (Å²) >= 11 is 0. The van der Waals surface area contributed by atoms with Crippen molar-refractivity contribution in [2.75, 3.05) is 19.9 Å². The van der Waals surface area contributed by atoms with Gasteiger partial charge < -0.3 is 23.7 Å². The number of hydrogen-bond acceptors (Lipinski definition) is 5. The Morgan fingerprint density at radius 2 is 1.76 bits per heavy atom. The summed E-state index contributed by atoms with van der Waals surface area (Å²) in [5, 5.41) is 0. The first-order valence-electron chi connectivity index (χ1n) is 11.3. The molecule has 3 aromatic rings. The van der Waals surface area contributed by atoms with E-state index in [1.807, 2.05) is 61.5 Å². The van der Waals surface area contributed by atoms with Crippen LogP contribution in [-0.4, -0.2) is 41.5 Å². The number of carbonyl (C=O) groups excluding carboxylic acids is 2. The molecule has 1 aliphatic heterocycles. The van der Waals surface area contributed by atoms with Crippen molar-refractivity contribution in [2.24, 2.45) is 0 Å². The first kappa shape index (κ1) is 23.2. The van der Waals surface area contributed by atoms with Crippen molar-refractivity contribution < 1.29 is 23.5 Å². The van der Waals surface area contributed by atoms with Crippen LogP contribution in [0.3, 0.4) is 0 Å². The number of carbonyl (C=O) groups is 2. The first-order chi connectivity index (χ1) is 16.6. The second-order valence-corrected chi connectivity index (χ2v) is 8.02. The second-order valence-electron chi connectivity index (χ2n) is 8.02. The Morgan fingerprint density at radius 3 is 2.53 bits per heavy atom. The molecule has 2 aromatic carbocycles. The Balaban J connectivity index is 1.48. The predicted octanol–water partition coefficient (Wildman–Crippen LogP) is 4.49. The summed E-state index contributed by atoms with van der Waals surface area (Å²) in [6, 6.07) is 18.9. The molecule has 2 amide bonds. The SMILES string of the molecule is CCCN(CC(=O)N(Cc1ccc2c(c1)OCO2)Cc1ccco1)C(=O)/C=C/c1ccccc1. The predicted molar refractivity (Wildman–Crippen MR) is 128 cm³/mol. The summed E-state index contributed by atoms with van der Waals surface area (Å²) in [5.41, 5.74) is 1.84. The summed E-state index contributed by atoms with van der Waals surface area (Å²) in [6.07, 6.45) is 5.62. The Labute approximate surface area is 199 Å². The second kappa shape index (κ2) is 11.2. The lowest BCUT2D eigenvalue weighted by Crippen LogP contribution is -2.42. The van der Waals surface area contributed by atoms with E-state index < -0.39 is 0 Å². The highest BCUT2D eigenvalue weighted by Crippen LogP contribution is 2.33. The Bertz CT molecular complexity index is 1130. The van der Waals surface area contributed by atoms with E-state index in [2.05, 4.69) is 0 Å². The van der Waals surface area contributed by atoms with Crippen molar-refractivity contribution in [1.29, 1.82) is 0 Å². The van der Waals surface area contributed by atoms with Gasteiger partial charge in [0.1, 0.15) is 12.3 Å². The zero-order chi connectivity index (χ0) is 23.8. The molecule has 0 spiro atoms. The molecule has 1 aliphatic rings. The minimum Gasteiger partial charge on any atom is -0.467 e. The summed E-state index contributed by atoms with van der Waals surface area (Å²) in [5.74, 6) is 1.67. The van der Waals surface area contributed by atoms with E-state index in [4.69, 9.17) is 13.9 Å². The lowest BCUT2D eigenvalue weighted by molar-refractivity contribution is -0.139. The topological polar surface area (TPSA) is 72.2 Å². The molecular formula is C27H28N2O5. The molecule has 0 fully saturated rings. The van der Waals surface area contributed by atoms with Crippen LogP contribution >= 0.6 is 0 Å². The van der Waals surface area contributed by atoms with Crippen LogP contribution in [0.1, 0.15) is 30.2 Å². The maximum Gasteiger partial charge on any atom is 0.247 e. The standard InChI is InChI=1S/C27H28N2O5/c1-2-14-28(26(30)13-11-21-7-4-3-5-8-21)19-27(31)29(18-23-9-6-15-32-23)17-22-10-12-24-25(16-22)34-20-33-24/h3-13,15-16H,2,14,17-20H2,1H3/b13-11+. The monoisotopic (exact) mass is 460 g/mol. The van der Waals surface area contributed by atoms with Gasteiger partial charge in [-0.05, 0) is 47.9 Å². The molecule has 4 rings (SSSR count). The molecule has 0 saturated heterocycles. The molecule has 2 heterocycles. The highest BCUT2D eigenvalue weighted by Gasteiger charge is 2.22. The quantitative estimate of drug-likeness (QED) is 0.417. The van der Waals surface area contributed by atoms with Crippen LogP contribution in [0.5, 0.6) is 11.5 Å². The molecule has 0 atom stereocenters. The number of nitrogens with zero attached hydrogens (tertiary/aromatic N) is 2. The Morgan fingerprint density at radius 1 is 0.941 bits per heavy atom. The highest BCUT2D eigenvalue weighted by atomic mass is 16.7. The number of benzene rings is 2. The third kappa shape index (κ3) is 6.07. The Hall–Kier alpha value is -4.00. The molecule has 176 valence electrons. The highest BCUT2D eigenvalue weighted by molar-refractivity contribution is 5.94. The molecule has 1 aromatic heterocycles. The minimum atomic E-state index is -0.194. The lowest BCUT2D eigenvalue weighted by atomic mass is 10.1. The van der Waals surface area contributed by atoms with Crippen LogP contribution in [0, 0.1) is 0 Å². The average Bonchev–Trinajstić information content (AvgIpc) is 3.54. The first-order valence-corrected chi connectivity index (χ1v) is 11.3. The van der Waals surface area contributed by atoms with E-state index in [0.29, 0.717) is 36.9 Å². The fourth-order valence-corrected chi connectivity index (χ4v) is 3.72. The molecule has 0 radical (unpaired) electrons. The number of rotatable bonds is 10. The summed E-state index contributed by atoms with van der Waals surface area (Å²) in [7, 11) is 0. The van der Waals surface area contributed by atoms with Crippen molar-refractivity contribution in [3.8, 4) is 11.5 Å². The van der Waals surface area contributed by atoms with Gasteiger partial charge in [-0.25, -0.2) is 0 Å². The number of ether oxygens (including phenoxy) is 2. The average molecular weight is 461 g/mol. The van der Waals surface area contributed by atoms with E-state index in [1.54, 1.807) is 28.2 Å². The number of amides is 2. The van der Waals surface area contributed by atoms with Crippen molar-refractivity contribution in [1.82, 2.24) is 9.80 Å². The summed E-state index contributed by atoms with van der Waals surface area (Å²) in [6.45, 7) is 3.30. The largest absolute Gasteiger partial charge is 0.467 e. The number of furan rings is 1. The van der Waals surface area contributed by atoms with Gasteiger partial charge in [0.15, 0.2) is 11.5 Å². The van der Waals surface area contributed by atoms with Crippen LogP contribution in [-0.2, 0) is 22.7 Å². The fourth-order valence-electron chi connectivity index (χ4n) is 3.72. The van der Waals surface area contributed by atoms with E-state index in [9.17, 15) is 9.59 Å². The van der Waals surface area contributed by atoms with Crippen molar-refractivity contribution in [2.45, 2.75) is 26.4 Å².